The molecule has 0 unspecified atom stereocenters. The average molecular weight is 288 g/mol. The van der Waals surface area contributed by atoms with Gasteiger partial charge in [0.05, 0.1) is 11.9 Å². The Bertz CT molecular complexity index is 466. The van der Waals surface area contributed by atoms with E-state index in [1.54, 1.807) is 36.4 Å². The number of carboxylic acids is 2. The van der Waals surface area contributed by atoms with E-state index < -0.39 is 11.9 Å². The maximum absolute atomic E-state index is 10.1. The van der Waals surface area contributed by atoms with Crippen molar-refractivity contribution in [3.05, 3.63) is 71.8 Å². The van der Waals surface area contributed by atoms with Gasteiger partial charge in [0.2, 0.25) is 0 Å². The van der Waals surface area contributed by atoms with Crippen molar-refractivity contribution in [2.45, 2.75) is 0 Å². The molecule has 2 aromatic carbocycles. The molecule has 0 atom stereocenters. The van der Waals surface area contributed by atoms with Crippen molar-refractivity contribution in [1.82, 2.24) is 0 Å². The van der Waals surface area contributed by atoms with Gasteiger partial charge in [-0.25, -0.2) is 0 Å². The van der Waals surface area contributed by atoms with E-state index in [9.17, 15) is 19.8 Å². The number of hydrogen-bond donors (Lipinski definition) is 0. The molecule has 6 heteroatoms. The second-order valence-corrected chi connectivity index (χ2v) is 3.31. The number of aromatic carboxylic acids is 2. The van der Waals surface area contributed by atoms with E-state index in [0.29, 0.717) is 0 Å². The van der Waals surface area contributed by atoms with Gasteiger partial charge in [0, 0.05) is 0 Å². The van der Waals surface area contributed by atoms with Crippen LogP contribution in [0.25, 0.3) is 0 Å². The molecule has 0 aliphatic rings. The van der Waals surface area contributed by atoms with Crippen molar-refractivity contribution < 1.29 is 78.9 Å². The molecule has 2 rings (SSSR count). The van der Waals surface area contributed by atoms with Gasteiger partial charge in [-0.15, -0.1) is 0 Å². The maximum atomic E-state index is 10.1. The van der Waals surface area contributed by atoms with Gasteiger partial charge >= 0.3 is 59.1 Å². The van der Waals surface area contributed by atoms with Crippen LogP contribution < -0.4 is 69.3 Å². The van der Waals surface area contributed by atoms with Crippen LogP contribution >= 0.6 is 0 Å². The van der Waals surface area contributed by atoms with Crippen molar-refractivity contribution in [2.24, 2.45) is 0 Å². The molecule has 20 heavy (non-hydrogen) atoms. The van der Waals surface area contributed by atoms with E-state index in [0.717, 1.165) is 0 Å². The Morgan fingerprint density at radius 1 is 0.600 bits per heavy atom. The van der Waals surface area contributed by atoms with Crippen LogP contribution in [0.4, 0.5) is 0 Å². The largest absolute Gasteiger partial charge is 1.00 e. The first-order valence-corrected chi connectivity index (χ1v) is 5.14. The smallest absolute Gasteiger partial charge is 0.545 e. The van der Waals surface area contributed by atoms with Crippen LogP contribution in [0.3, 0.4) is 0 Å². The monoisotopic (exact) mass is 288 g/mol. The molecule has 92 valence electrons. The van der Waals surface area contributed by atoms with Crippen LogP contribution in [0, 0.1) is 0 Å². The summed E-state index contributed by atoms with van der Waals surface area (Å²) in [6.07, 6.45) is 0. The minimum absolute atomic E-state index is 0. The first kappa shape index (κ1) is 21.7. The molecular weight excluding hydrogens is 278 g/mol. The minimum Gasteiger partial charge on any atom is -0.545 e. The standard InChI is InChI=1S/2C7H6O2.2Na/c2*8-7(9)6-4-2-1-3-5-6;;/h2*1-5H,(H,8,9);;/q;;2*+1/p-2. The Morgan fingerprint density at radius 3 is 1.00 bits per heavy atom. The molecular formula is C14H10Na2O4. The number of carbonyl (C=O) groups is 2. The SMILES string of the molecule is O=C([O-])c1ccccc1.O=C([O-])c1ccccc1.[Na+].[Na+]. The molecule has 0 bridgehead atoms. The number of hydrogen-bond acceptors (Lipinski definition) is 4. The fraction of sp³-hybridized carbons (Fsp3) is 0. The molecule has 0 saturated heterocycles. The second-order valence-electron chi connectivity index (χ2n) is 3.31. The van der Waals surface area contributed by atoms with Crippen LogP contribution in [0.1, 0.15) is 20.7 Å². The zero-order valence-electron chi connectivity index (χ0n) is 11.4. The zero-order chi connectivity index (χ0) is 13.4. The Hall–Kier alpha value is -0.620. The Labute approximate surface area is 161 Å². The molecule has 0 N–H and O–H groups in total. The summed E-state index contributed by atoms with van der Waals surface area (Å²) in [5.74, 6) is -2.26. The summed E-state index contributed by atoms with van der Waals surface area (Å²) in [6.45, 7) is 0. The Kier molecular flexibility index (Phi) is 13.2. The summed E-state index contributed by atoms with van der Waals surface area (Å²) >= 11 is 0. The molecule has 0 radical (unpaired) electrons. The van der Waals surface area contributed by atoms with E-state index in [-0.39, 0.29) is 70.2 Å². The molecule has 0 amide bonds. The van der Waals surface area contributed by atoms with Crippen LogP contribution in [-0.4, -0.2) is 11.9 Å². The Morgan fingerprint density at radius 2 is 0.850 bits per heavy atom. The van der Waals surface area contributed by atoms with Crippen molar-refractivity contribution in [3.63, 3.8) is 0 Å². The fourth-order valence-corrected chi connectivity index (χ4v) is 1.15. The topological polar surface area (TPSA) is 80.3 Å². The van der Waals surface area contributed by atoms with Crippen LogP contribution in [0.15, 0.2) is 60.7 Å². The summed E-state index contributed by atoms with van der Waals surface area (Å²) in [5.41, 5.74) is 0.440. The molecule has 2 aromatic rings. The molecule has 4 nitrogen and oxygen atoms in total. The third-order valence-electron chi connectivity index (χ3n) is 2.02. The molecule has 0 aromatic heterocycles. The van der Waals surface area contributed by atoms with Gasteiger partial charge in [-0.1, -0.05) is 60.7 Å². The van der Waals surface area contributed by atoms with Gasteiger partial charge in [-0.3, -0.25) is 0 Å². The number of carbonyl (C=O) groups excluding carboxylic acids is 2. The number of benzene rings is 2. The quantitative estimate of drug-likeness (QED) is 0.516. The molecule has 0 heterocycles. The van der Waals surface area contributed by atoms with E-state index in [1.165, 1.54) is 24.3 Å². The molecule has 0 spiro atoms. The molecule has 0 aliphatic carbocycles. The van der Waals surface area contributed by atoms with Crippen LogP contribution in [0.2, 0.25) is 0 Å². The van der Waals surface area contributed by atoms with Gasteiger partial charge in [0.25, 0.3) is 0 Å². The molecule has 0 fully saturated rings. The van der Waals surface area contributed by atoms with Gasteiger partial charge < -0.3 is 19.8 Å². The Balaban J connectivity index is 0. The average Bonchev–Trinajstić information content (AvgIpc) is 2.41. The third-order valence-corrected chi connectivity index (χ3v) is 2.02. The second kappa shape index (κ2) is 12.1. The fourth-order valence-electron chi connectivity index (χ4n) is 1.15. The predicted molar refractivity (Wildman–Crippen MR) is 61.5 cm³/mol. The first-order chi connectivity index (χ1) is 8.61. The predicted octanol–water partition coefficient (Wildman–Crippen LogP) is -5.89. The number of rotatable bonds is 2. The zero-order valence-corrected chi connectivity index (χ0v) is 15.4. The van der Waals surface area contributed by atoms with E-state index in [2.05, 4.69) is 0 Å². The summed E-state index contributed by atoms with van der Waals surface area (Å²) in [4.78, 5) is 20.2. The summed E-state index contributed by atoms with van der Waals surface area (Å²) in [5, 5.41) is 20.2. The number of carboxylic acid groups (broad SMARTS) is 2. The van der Waals surface area contributed by atoms with Gasteiger partial charge in [0.15, 0.2) is 0 Å². The van der Waals surface area contributed by atoms with Gasteiger partial charge in [-0.2, -0.15) is 0 Å². The van der Waals surface area contributed by atoms with Crippen LogP contribution in [-0.2, 0) is 0 Å². The normalized spacial score (nSPS) is 8.00. The summed E-state index contributed by atoms with van der Waals surface area (Å²) < 4.78 is 0. The van der Waals surface area contributed by atoms with Gasteiger partial charge in [0.1, 0.15) is 0 Å². The third kappa shape index (κ3) is 8.53. The van der Waals surface area contributed by atoms with Crippen molar-refractivity contribution in [1.29, 1.82) is 0 Å². The molecule has 0 aliphatic heterocycles. The van der Waals surface area contributed by atoms with E-state index >= 15 is 0 Å². The molecule has 0 saturated carbocycles. The summed E-state index contributed by atoms with van der Waals surface area (Å²) in [7, 11) is 0. The summed E-state index contributed by atoms with van der Waals surface area (Å²) in [6, 6.07) is 16.1. The van der Waals surface area contributed by atoms with Crippen LogP contribution in [0.5, 0.6) is 0 Å². The first-order valence-electron chi connectivity index (χ1n) is 5.14. The van der Waals surface area contributed by atoms with Crippen molar-refractivity contribution >= 4 is 11.9 Å². The maximum Gasteiger partial charge on any atom is 1.00 e. The van der Waals surface area contributed by atoms with E-state index in [4.69, 9.17) is 0 Å². The van der Waals surface area contributed by atoms with Crippen molar-refractivity contribution in [3.8, 4) is 0 Å². The van der Waals surface area contributed by atoms with Gasteiger partial charge in [-0.05, 0) is 11.1 Å². The van der Waals surface area contributed by atoms with E-state index in [1.807, 2.05) is 0 Å². The van der Waals surface area contributed by atoms with Crippen molar-refractivity contribution in [2.75, 3.05) is 0 Å². The minimum atomic E-state index is -1.13.